The Morgan fingerprint density at radius 2 is 1.72 bits per heavy atom. The van der Waals surface area contributed by atoms with Crippen LogP contribution in [0.5, 0.6) is 0 Å². The number of carbonyl (C=O) groups is 2. The number of rotatable bonds is 6. The van der Waals surface area contributed by atoms with Gasteiger partial charge in [-0.3, -0.25) is 14.4 Å². The standard InChI is InChI=1S/C28H25N5O4.C2H6/c1-4-33-22(17-8-10-18(11-9-17)23-16(2)37-32(3)28(23)36)15-19-12-13-30-24(25(19)33)27(35)31-21-7-5-6-20(14-21)26(29)34;1-2/h5-15H,4H2,1-3H3,(H2,29,34)(H,31,35);1-2H3. The minimum atomic E-state index is -0.574. The molecule has 9 heteroatoms. The van der Waals surface area contributed by atoms with Crippen LogP contribution in [0.15, 0.2) is 76.2 Å². The molecule has 9 nitrogen and oxygen atoms in total. The molecule has 0 aliphatic carbocycles. The molecule has 0 atom stereocenters. The van der Waals surface area contributed by atoms with E-state index >= 15 is 0 Å². The summed E-state index contributed by atoms with van der Waals surface area (Å²) < 4.78 is 8.68. The third-order valence-corrected chi connectivity index (χ3v) is 6.34. The zero-order valence-corrected chi connectivity index (χ0v) is 22.6. The van der Waals surface area contributed by atoms with Crippen LogP contribution in [0.25, 0.3) is 33.3 Å². The lowest BCUT2D eigenvalue weighted by Gasteiger charge is -2.12. The van der Waals surface area contributed by atoms with Gasteiger partial charge in [-0.25, -0.2) is 4.98 Å². The number of fused-ring (bicyclic) bond motifs is 1. The summed E-state index contributed by atoms with van der Waals surface area (Å²) in [5.74, 6) is -0.408. The maximum absolute atomic E-state index is 13.2. The van der Waals surface area contributed by atoms with Crippen LogP contribution < -0.4 is 16.6 Å². The number of nitrogens with one attached hydrogen (secondary N) is 1. The number of primary amides is 1. The van der Waals surface area contributed by atoms with Gasteiger partial charge in [0, 0.05) is 42.1 Å². The molecule has 5 aromatic rings. The molecule has 0 aliphatic rings. The summed E-state index contributed by atoms with van der Waals surface area (Å²) >= 11 is 0. The van der Waals surface area contributed by atoms with E-state index in [1.165, 1.54) is 10.8 Å². The van der Waals surface area contributed by atoms with Crippen molar-refractivity contribution in [3.8, 4) is 22.4 Å². The number of carbonyl (C=O) groups excluding carboxylic acids is 2. The minimum Gasteiger partial charge on any atom is -0.381 e. The molecule has 0 aliphatic heterocycles. The molecule has 0 radical (unpaired) electrons. The van der Waals surface area contributed by atoms with Crippen molar-refractivity contribution >= 4 is 28.4 Å². The maximum atomic E-state index is 13.2. The Bertz CT molecular complexity index is 1720. The summed E-state index contributed by atoms with van der Waals surface area (Å²) in [6.45, 7) is 8.37. The van der Waals surface area contributed by atoms with Crippen molar-refractivity contribution in [3.63, 3.8) is 0 Å². The first-order valence-corrected chi connectivity index (χ1v) is 12.8. The van der Waals surface area contributed by atoms with Crippen molar-refractivity contribution in [1.29, 1.82) is 0 Å². The number of aryl methyl sites for hydroxylation is 3. The molecule has 2 amide bonds. The Hall–Kier alpha value is -4.92. The number of benzene rings is 2. The van der Waals surface area contributed by atoms with Gasteiger partial charge in [0.1, 0.15) is 5.76 Å². The van der Waals surface area contributed by atoms with Crippen molar-refractivity contribution in [1.82, 2.24) is 14.3 Å². The molecule has 2 aromatic carbocycles. The van der Waals surface area contributed by atoms with Gasteiger partial charge in [-0.05, 0) is 55.3 Å². The molecule has 0 bridgehead atoms. The van der Waals surface area contributed by atoms with Gasteiger partial charge in [-0.2, -0.15) is 4.74 Å². The zero-order chi connectivity index (χ0) is 28.3. The summed E-state index contributed by atoms with van der Waals surface area (Å²) in [4.78, 5) is 41.6. The largest absolute Gasteiger partial charge is 0.381 e. The van der Waals surface area contributed by atoms with E-state index in [1.807, 2.05) is 61.7 Å². The zero-order valence-electron chi connectivity index (χ0n) is 22.6. The smallest absolute Gasteiger partial charge is 0.290 e. The van der Waals surface area contributed by atoms with Crippen LogP contribution in [-0.2, 0) is 13.6 Å². The van der Waals surface area contributed by atoms with Gasteiger partial charge in [-0.1, -0.05) is 44.2 Å². The van der Waals surface area contributed by atoms with Gasteiger partial charge in [0.25, 0.3) is 11.5 Å². The highest BCUT2D eigenvalue weighted by Crippen LogP contribution is 2.31. The molecule has 0 fully saturated rings. The Morgan fingerprint density at radius 1 is 1.03 bits per heavy atom. The molecule has 3 aromatic heterocycles. The lowest BCUT2D eigenvalue weighted by molar-refractivity contribution is 0.0995. The Kier molecular flexibility index (Phi) is 7.80. The lowest BCUT2D eigenvalue weighted by Crippen LogP contribution is -2.17. The minimum absolute atomic E-state index is 0.184. The van der Waals surface area contributed by atoms with Gasteiger partial charge in [0.2, 0.25) is 5.91 Å². The normalized spacial score (nSPS) is 10.7. The lowest BCUT2D eigenvalue weighted by atomic mass is 10.0. The molecular weight excluding hydrogens is 494 g/mol. The maximum Gasteiger partial charge on any atom is 0.290 e. The van der Waals surface area contributed by atoms with Crippen LogP contribution in [0.1, 0.15) is 47.4 Å². The topological polar surface area (TPSA) is 125 Å². The summed E-state index contributed by atoms with van der Waals surface area (Å²) in [6, 6.07) is 18.0. The molecule has 0 spiro atoms. The molecule has 0 unspecified atom stereocenters. The molecule has 0 saturated heterocycles. The van der Waals surface area contributed by atoms with Crippen molar-refractivity contribution < 1.29 is 14.1 Å². The summed E-state index contributed by atoms with van der Waals surface area (Å²) in [5.41, 5.74) is 10.1. The van der Waals surface area contributed by atoms with Gasteiger partial charge in [0.05, 0.1) is 11.1 Å². The number of amides is 2. The number of pyridine rings is 1. The fourth-order valence-electron chi connectivity index (χ4n) is 4.62. The molecule has 200 valence electrons. The van der Waals surface area contributed by atoms with Crippen molar-refractivity contribution in [2.75, 3.05) is 5.32 Å². The van der Waals surface area contributed by atoms with E-state index in [0.29, 0.717) is 34.6 Å². The van der Waals surface area contributed by atoms with Crippen LogP contribution in [0.4, 0.5) is 5.69 Å². The van der Waals surface area contributed by atoms with Gasteiger partial charge in [-0.15, -0.1) is 0 Å². The highest BCUT2D eigenvalue weighted by atomic mass is 16.5. The number of hydrogen-bond donors (Lipinski definition) is 2. The van der Waals surface area contributed by atoms with E-state index in [4.69, 9.17) is 10.3 Å². The molecule has 3 heterocycles. The molecular formula is C30H31N5O4. The molecule has 39 heavy (non-hydrogen) atoms. The van der Waals surface area contributed by atoms with E-state index in [2.05, 4.69) is 10.3 Å². The number of hydrogen-bond acceptors (Lipinski definition) is 5. The fourth-order valence-corrected chi connectivity index (χ4v) is 4.62. The van der Waals surface area contributed by atoms with Crippen molar-refractivity contribution in [2.24, 2.45) is 12.8 Å². The SMILES string of the molecule is CC.CCn1c(-c2ccc(-c3c(C)on(C)c3=O)cc2)cc2ccnc(C(=O)Nc3cccc(C(N)=O)c3)c21. The first-order valence-electron chi connectivity index (χ1n) is 12.8. The number of nitrogens with two attached hydrogens (primary N) is 1. The van der Waals surface area contributed by atoms with Crippen LogP contribution in [-0.4, -0.2) is 26.1 Å². The number of anilines is 1. The highest BCUT2D eigenvalue weighted by molar-refractivity contribution is 6.11. The summed E-state index contributed by atoms with van der Waals surface area (Å²) in [5, 5.41) is 3.69. The van der Waals surface area contributed by atoms with Crippen molar-refractivity contribution in [2.45, 2.75) is 34.2 Å². The monoisotopic (exact) mass is 525 g/mol. The highest BCUT2D eigenvalue weighted by Gasteiger charge is 2.20. The van der Waals surface area contributed by atoms with Crippen LogP contribution in [0.2, 0.25) is 0 Å². The predicted octanol–water partition coefficient (Wildman–Crippen LogP) is 5.37. The van der Waals surface area contributed by atoms with Crippen LogP contribution in [0, 0.1) is 6.92 Å². The van der Waals surface area contributed by atoms with E-state index in [9.17, 15) is 14.4 Å². The predicted molar refractivity (Wildman–Crippen MR) is 153 cm³/mol. The number of aromatic nitrogens is 3. The third kappa shape index (κ3) is 5.11. The Morgan fingerprint density at radius 3 is 2.33 bits per heavy atom. The first kappa shape index (κ1) is 27.1. The van der Waals surface area contributed by atoms with Gasteiger partial charge >= 0.3 is 0 Å². The second kappa shape index (κ2) is 11.2. The average molecular weight is 526 g/mol. The fraction of sp³-hybridized carbons (Fsp3) is 0.200. The average Bonchev–Trinajstić information content (AvgIpc) is 3.45. The van der Waals surface area contributed by atoms with Crippen LogP contribution >= 0.6 is 0 Å². The molecule has 5 rings (SSSR count). The van der Waals surface area contributed by atoms with Crippen molar-refractivity contribution in [3.05, 3.63) is 94.2 Å². The second-order valence-electron chi connectivity index (χ2n) is 8.67. The van der Waals surface area contributed by atoms with E-state index in [0.717, 1.165) is 22.2 Å². The first-order chi connectivity index (χ1) is 18.8. The number of nitrogens with zero attached hydrogens (tertiary/aromatic N) is 3. The van der Waals surface area contributed by atoms with E-state index in [1.54, 1.807) is 38.4 Å². The Balaban J connectivity index is 0.00000172. The van der Waals surface area contributed by atoms with Gasteiger partial charge in [0.15, 0.2) is 5.69 Å². The van der Waals surface area contributed by atoms with E-state index in [-0.39, 0.29) is 11.3 Å². The van der Waals surface area contributed by atoms with E-state index < -0.39 is 11.8 Å². The second-order valence-corrected chi connectivity index (χ2v) is 8.67. The third-order valence-electron chi connectivity index (χ3n) is 6.34. The Labute approximate surface area is 225 Å². The molecule has 3 N–H and O–H groups in total. The summed E-state index contributed by atoms with van der Waals surface area (Å²) in [7, 11) is 1.59. The van der Waals surface area contributed by atoms with Gasteiger partial charge < -0.3 is 20.1 Å². The van der Waals surface area contributed by atoms with Crippen LogP contribution in [0.3, 0.4) is 0 Å². The summed E-state index contributed by atoms with van der Waals surface area (Å²) in [6.07, 6.45) is 1.60. The quantitative estimate of drug-likeness (QED) is 0.308. The molecule has 0 saturated carbocycles.